The van der Waals surface area contributed by atoms with Crippen molar-refractivity contribution in [3.63, 3.8) is 0 Å². The lowest BCUT2D eigenvalue weighted by Gasteiger charge is -2.28. The summed E-state index contributed by atoms with van der Waals surface area (Å²) in [5.41, 5.74) is 1.21. The van der Waals surface area contributed by atoms with Crippen LogP contribution in [-0.4, -0.2) is 17.8 Å². The first kappa shape index (κ1) is 8.31. The van der Waals surface area contributed by atoms with E-state index in [1.807, 2.05) is 0 Å². The summed E-state index contributed by atoms with van der Waals surface area (Å²) in [6.07, 6.45) is 0. The maximum Gasteiger partial charge on any atom is 0.407 e. The minimum atomic E-state index is -0.896. The van der Waals surface area contributed by atoms with E-state index in [-0.39, 0.29) is 0 Å². The van der Waals surface area contributed by atoms with Crippen molar-refractivity contribution < 1.29 is 19.2 Å². The lowest BCUT2D eigenvalue weighted by molar-refractivity contribution is -0.165. The zero-order valence-electron chi connectivity index (χ0n) is 7.81. The van der Waals surface area contributed by atoms with Crippen molar-refractivity contribution in [2.24, 2.45) is 0 Å². The third-order valence-electron chi connectivity index (χ3n) is 2.66. The Kier molecular flexibility index (Phi) is 1.19. The molecule has 0 aromatic heterocycles. The molecule has 0 N–H and O–H groups in total. The SMILES string of the molecule is CC(=O)O[N+]12C(=O)c3cccc1c3C2=O. The van der Waals surface area contributed by atoms with Gasteiger partial charge in [0.15, 0.2) is 5.56 Å². The molecule has 2 amide bonds. The number of quaternary nitrogens is 1. The van der Waals surface area contributed by atoms with E-state index in [2.05, 4.69) is 0 Å². The van der Waals surface area contributed by atoms with Gasteiger partial charge in [-0.05, 0) is 6.07 Å². The number of benzene rings is 1. The van der Waals surface area contributed by atoms with Crippen molar-refractivity contribution in [2.45, 2.75) is 6.92 Å². The number of carbonyl (C=O) groups excluding carboxylic acids is 3. The van der Waals surface area contributed by atoms with Crippen molar-refractivity contribution in [3.05, 3.63) is 29.3 Å². The maximum atomic E-state index is 11.8. The smallest absolute Gasteiger partial charge is 0.255 e. The highest BCUT2D eigenvalue weighted by atomic mass is 16.8. The summed E-state index contributed by atoms with van der Waals surface area (Å²) >= 11 is 0. The van der Waals surface area contributed by atoms with Gasteiger partial charge in [0.25, 0.3) is 0 Å². The normalized spacial score (nSPS) is 25.1. The predicted octanol–water partition coefficient (Wildman–Crippen LogP) is 0.780. The molecule has 4 rings (SSSR count). The largest absolute Gasteiger partial charge is 0.407 e. The van der Waals surface area contributed by atoms with Gasteiger partial charge >= 0.3 is 17.8 Å². The van der Waals surface area contributed by atoms with Gasteiger partial charge < -0.3 is 0 Å². The Bertz CT molecular complexity index is 548. The fourth-order valence-electron chi connectivity index (χ4n) is 2.12. The zero-order valence-corrected chi connectivity index (χ0v) is 7.81. The second-order valence-electron chi connectivity index (χ2n) is 3.50. The van der Waals surface area contributed by atoms with Crippen LogP contribution in [0.15, 0.2) is 18.2 Å². The first-order valence-corrected chi connectivity index (χ1v) is 4.41. The van der Waals surface area contributed by atoms with Gasteiger partial charge in [-0.25, -0.2) is 14.4 Å². The highest BCUT2D eigenvalue weighted by molar-refractivity contribution is 6.38. The topological polar surface area (TPSA) is 60.4 Å². The highest BCUT2D eigenvalue weighted by Gasteiger charge is 2.72. The summed E-state index contributed by atoms with van der Waals surface area (Å²) in [6.45, 7) is 1.17. The fraction of sp³-hybridized carbons (Fsp3) is 0.100. The molecule has 0 saturated carbocycles. The van der Waals surface area contributed by atoms with Gasteiger partial charge in [-0.15, -0.1) is 0 Å². The molecule has 0 aliphatic carbocycles. The molecule has 1 unspecified atom stereocenters. The summed E-state index contributed by atoms with van der Waals surface area (Å²) < 4.78 is -0.896. The van der Waals surface area contributed by atoms with Gasteiger partial charge in [-0.3, -0.25) is 4.84 Å². The standard InChI is InChI=1S/C10H6NO4/c1-5(12)15-11-7-4-2-3-6(9(11)13)8(7)10(11)14/h2-4H,1H3/q+1. The number of imide groups is 1. The average molecular weight is 204 g/mol. The van der Waals surface area contributed by atoms with Crippen molar-refractivity contribution in [2.75, 3.05) is 0 Å². The molecule has 0 radical (unpaired) electrons. The molecule has 5 nitrogen and oxygen atoms in total. The maximum absolute atomic E-state index is 11.8. The Morgan fingerprint density at radius 3 is 2.60 bits per heavy atom. The molecule has 0 fully saturated rings. The summed E-state index contributed by atoms with van der Waals surface area (Å²) in [5.74, 6) is -1.56. The number of hydrogen-bond acceptors (Lipinski definition) is 4. The first-order chi connectivity index (χ1) is 7.09. The third-order valence-corrected chi connectivity index (χ3v) is 2.66. The van der Waals surface area contributed by atoms with Crippen molar-refractivity contribution in [1.29, 1.82) is 0 Å². The molecule has 1 aromatic carbocycles. The van der Waals surface area contributed by atoms with Crippen LogP contribution >= 0.6 is 0 Å². The number of nitrogens with zero attached hydrogens (tertiary/aromatic N) is 1. The predicted molar refractivity (Wildman–Crippen MR) is 48.7 cm³/mol. The van der Waals surface area contributed by atoms with Crippen molar-refractivity contribution in [1.82, 2.24) is 4.65 Å². The van der Waals surface area contributed by atoms with Gasteiger partial charge in [0.05, 0.1) is 0 Å². The van der Waals surface area contributed by atoms with E-state index in [1.54, 1.807) is 18.2 Å². The second-order valence-corrected chi connectivity index (χ2v) is 3.50. The van der Waals surface area contributed by atoms with E-state index in [9.17, 15) is 14.4 Å². The molecule has 3 aliphatic heterocycles. The van der Waals surface area contributed by atoms with Crippen LogP contribution in [0.2, 0.25) is 0 Å². The summed E-state index contributed by atoms with van der Waals surface area (Å²) in [4.78, 5) is 39.2. The van der Waals surface area contributed by atoms with Crippen LogP contribution in [0, 0.1) is 0 Å². The number of carbonyl (C=O) groups is 3. The molecule has 0 saturated heterocycles. The van der Waals surface area contributed by atoms with Crippen LogP contribution in [0.25, 0.3) is 0 Å². The summed E-state index contributed by atoms with van der Waals surface area (Å²) in [5, 5.41) is 0. The molecular formula is C10H6NO4+. The Balaban J connectivity index is 2.25. The van der Waals surface area contributed by atoms with Crippen LogP contribution in [0.4, 0.5) is 5.69 Å². The minimum Gasteiger partial charge on any atom is -0.255 e. The number of hydroxylamine groups is 2. The van der Waals surface area contributed by atoms with Crippen LogP contribution in [0.5, 0.6) is 0 Å². The van der Waals surface area contributed by atoms with E-state index in [1.165, 1.54) is 6.92 Å². The van der Waals surface area contributed by atoms with E-state index in [0.717, 1.165) is 0 Å². The molecular weight excluding hydrogens is 198 g/mol. The first-order valence-electron chi connectivity index (χ1n) is 4.41. The van der Waals surface area contributed by atoms with Crippen LogP contribution in [-0.2, 0) is 9.63 Å². The Labute approximate surface area is 84.4 Å². The molecule has 15 heavy (non-hydrogen) atoms. The monoisotopic (exact) mass is 204 g/mol. The molecule has 3 aliphatic rings. The Morgan fingerprint density at radius 2 is 2.00 bits per heavy atom. The van der Waals surface area contributed by atoms with Gasteiger partial charge in [-0.1, -0.05) is 6.07 Å². The molecule has 74 valence electrons. The molecule has 4 bridgehead atoms. The average Bonchev–Trinajstić information content (AvgIpc) is 2.49. The highest BCUT2D eigenvalue weighted by Crippen LogP contribution is 2.50. The Morgan fingerprint density at radius 1 is 1.27 bits per heavy atom. The second kappa shape index (κ2) is 2.14. The van der Waals surface area contributed by atoms with Gasteiger partial charge in [0, 0.05) is 17.6 Å². The van der Waals surface area contributed by atoms with E-state index >= 15 is 0 Å². The summed E-state index contributed by atoms with van der Waals surface area (Å²) in [7, 11) is 0. The van der Waals surface area contributed by atoms with Gasteiger partial charge in [-0.2, -0.15) is 0 Å². The van der Waals surface area contributed by atoms with E-state index in [0.29, 0.717) is 16.8 Å². The molecule has 0 spiro atoms. The van der Waals surface area contributed by atoms with Crippen LogP contribution in [0.1, 0.15) is 27.6 Å². The number of amides is 2. The number of rotatable bonds is 1. The zero-order chi connectivity index (χ0) is 10.8. The lowest BCUT2D eigenvalue weighted by Crippen LogP contribution is -2.59. The van der Waals surface area contributed by atoms with Crippen LogP contribution < -0.4 is 4.65 Å². The van der Waals surface area contributed by atoms with E-state index in [4.69, 9.17) is 4.84 Å². The third kappa shape index (κ3) is 0.647. The van der Waals surface area contributed by atoms with Crippen LogP contribution in [0.3, 0.4) is 0 Å². The van der Waals surface area contributed by atoms with Crippen molar-refractivity contribution >= 4 is 23.5 Å². The molecule has 1 atom stereocenters. The quantitative estimate of drug-likeness (QED) is 0.501. The number of hydrogen-bond donors (Lipinski definition) is 0. The van der Waals surface area contributed by atoms with Gasteiger partial charge in [0.1, 0.15) is 5.56 Å². The Hall–Kier alpha value is -2.01. The van der Waals surface area contributed by atoms with Gasteiger partial charge in [0.2, 0.25) is 5.69 Å². The van der Waals surface area contributed by atoms with E-state index < -0.39 is 22.4 Å². The molecule has 1 aromatic rings. The fourth-order valence-corrected chi connectivity index (χ4v) is 2.12. The summed E-state index contributed by atoms with van der Waals surface area (Å²) in [6, 6.07) is 4.85. The molecule has 5 heteroatoms. The van der Waals surface area contributed by atoms with Crippen molar-refractivity contribution in [3.8, 4) is 0 Å². The minimum absolute atomic E-state index is 0.346. The molecule has 3 heterocycles. The lowest BCUT2D eigenvalue weighted by atomic mass is 10.1.